The van der Waals surface area contributed by atoms with Gasteiger partial charge in [-0.15, -0.1) is 0 Å². The van der Waals surface area contributed by atoms with Crippen molar-refractivity contribution in [2.75, 3.05) is 13.7 Å². The van der Waals surface area contributed by atoms with Gasteiger partial charge in [-0.2, -0.15) is 0 Å². The molecular weight excluding hydrogens is 250 g/mol. The number of rotatable bonds is 7. The quantitative estimate of drug-likeness (QED) is 0.762. The highest BCUT2D eigenvalue weighted by Crippen LogP contribution is 2.24. The molecule has 0 spiro atoms. The van der Waals surface area contributed by atoms with E-state index < -0.39 is 0 Å². The highest BCUT2D eigenvalue weighted by atomic mass is 16.5. The van der Waals surface area contributed by atoms with E-state index >= 15 is 0 Å². The van der Waals surface area contributed by atoms with Crippen molar-refractivity contribution in [3.05, 3.63) is 35.8 Å². The molecule has 0 saturated heterocycles. The van der Waals surface area contributed by atoms with Gasteiger partial charge < -0.3 is 15.5 Å². The predicted octanol–water partition coefficient (Wildman–Crippen LogP) is 3.07. The summed E-state index contributed by atoms with van der Waals surface area (Å²) in [5.41, 5.74) is 8.76. The number of nitrogens with zero attached hydrogens (tertiary/aromatic N) is 1. The van der Waals surface area contributed by atoms with Gasteiger partial charge in [-0.05, 0) is 50.6 Å². The van der Waals surface area contributed by atoms with Crippen molar-refractivity contribution in [1.82, 2.24) is 9.97 Å². The Labute approximate surface area is 120 Å². The molecule has 2 aromatic rings. The Bertz CT molecular complexity index is 531. The molecule has 0 fully saturated rings. The van der Waals surface area contributed by atoms with Gasteiger partial charge in [0.2, 0.25) is 0 Å². The summed E-state index contributed by atoms with van der Waals surface area (Å²) in [5.74, 6) is 1.93. The SMILES string of the molecule is COc1ccc(-c2nc(CCCCCN)[nH]c2C)cc1. The number of aromatic nitrogens is 2. The van der Waals surface area contributed by atoms with E-state index in [0.29, 0.717) is 0 Å². The van der Waals surface area contributed by atoms with Gasteiger partial charge >= 0.3 is 0 Å². The minimum absolute atomic E-state index is 0.772. The van der Waals surface area contributed by atoms with E-state index in [9.17, 15) is 0 Å². The van der Waals surface area contributed by atoms with Crippen LogP contribution in [0.1, 0.15) is 30.8 Å². The maximum atomic E-state index is 5.50. The van der Waals surface area contributed by atoms with Crippen LogP contribution in [-0.4, -0.2) is 23.6 Å². The van der Waals surface area contributed by atoms with E-state index in [1.807, 2.05) is 24.3 Å². The van der Waals surface area contributed by atoms with Crippen molar-refractivity contribution < 1.29 is 4.74 Å². The number of aryl methyl sites for hydroxylation is 2. The minimum Gasteiger partial charge on any atom is -0.497 e. The van der Waals surface area contributed by atoms with Crippen molar-refractivity contribution in [1.29, 1.82) is 0 Å². The third kappa shape index (κ3) is 3.61. The monoisotopic (exact) mass is 273 g/mol. The number of imidazole rings is 1. The second kappa shape index (κ2) is 7.10. The van der Waals surface area contributed by atoms with Crippen LogP contribution in [0.5, 0.6) is 5.75 Å². The summed E-state index contributed by atoms with van der Waals surface area (Å²) in [7, 11) is 1.67. The van der Waals surface area contributed by atoms with Crippen molar-refractivity contribution in [3.63, 3.8) is 0 Å². The van der Waals surface area contributed by atoms with Gasteiger partial charge in [0, 0.05) is 17.7 Å². The normalized spacial score (nSPS) is 10.8. The Kier molecular flexibility index (Phi) is 5.18. The lowest BCUT2D eigenvalue weighted by atomic mass is 10.1. The van der Waals surface area contributed by atoms with Crippen molar-refractivity contribution in [3.8, 4) is 17.0 Å². The average Bonchev–Trinajstić information content (AvgIpc) is 2.85. The topological polar surface area (TPSA) is 63.9 Å². The summed E-state index contributed by atoms with van der Waals surface area (Å²) in [6.45, 7) is 2.84. The first-order valence-electron chi connectivity index (χ1n) is 7.14. The third-order valence-electron chi connectivity index (χ3n) is 3.41. The molecule has 4 heteroatoms. The Hall–Kier alpha value is -1.81. The summed E-state index contributed by atoms with van der Waals surface area (Å²) >= 11 is 0. The molecule has 0 saturated carbocycles. The van der Waals surface area contributed by atoms with E-state index in [1.165, 1.54) is 0 Å². The van der Waals surface area contributed by atoms with E-state index in [-0.39, 0.29) is 0 Å². The molecule has 20 heavy (non-hydrogen) atoms. The highest BCUT2D eigenvalue weighted by Gasteiger charge is 2.08. The second-order valence-electron chi connectivity index (χ2n) is 4.98. The van der Waals surface area contributed by atoms with Gasteiger partial charge in [-0.1, -0.05) is 6.42 Å². The van der Waals surface area contributed by atoms with Gasteiger partial charge in [0.15, 0.2) is 0 Å². The summed E-state index contributed by atoms with van der Waals surface area (Å²) in [6.07, 6.45) is 4.36. The second-order valence-corrected chi connectivity index (χ2v) is 4.98. The van der Waals surface area contributed by atoms with Gasteiger partial charge in [-0.25, -0.2) is 4.98 Å². The Balaban J connectivity index is 2.06. The molecule has 0 atom stereocenters. The van der Waals surface area contributed by atoms with Crippen LogP contribution in [-0.2, 0) is 6.42 Å². The molecule has 0 radical (unpaired) electrons. The Morgan fingerprint density at radius 3 is 2.55 bits per heavy atom. The first kappa shape index (κ1) is 14.6. The lowest BCUT2D eigenvalue weighted by Crippen LogP contribution is -1.98. The number of ether oxygens (including phenoxy) is 1. The van der Waals surface area contributed by atoms with Crippen LogP contribution < -0.4 is 10.5 Å². The molecule has 0 aliphatic heterocycles. The molecule has 108 valence electrons. The minimum atomic E-state index is 0.772. The maximum Gasteiger partial charge on any atom is 0.118 e. The van der Waals surface area contributed by atoms with E-state index in [2.05, 4.69) is 11.9 Å². The molecule has 0 unspecified atom stereocenters. The standard InChI is InChI=1S/C16H23N3O/c1-12-16(13-7-9-14(20-2)10-8-13)19-15(18-12)6-4-3-5-11-17/h7-10H,3-6,11,17H2,1-2H3,(H,18,19). The van der Waals surface area contributed by atoms with Crippen molar-refractivity contribution in [2.24, 2.45) is 5.73 Å². The molecular formula is C16H23N3O. The van der Waals surface area contributed by atoms with E-state index in [0.717, 1.165) is 60.8 Å². The molecule has 0 aliphatic rings. The van der Waals surface area contributed by atoms with E-state index in [4.69, 9.17) is 15.5 Å². The number of hydrogen-bond donors (Lipinski definition) is 2. The number of hydrogen-bond acceptors (Lipinski definition) is 3. The van der Waals surface area contributed by atoms with Gasteiger partial charge in [0.05, 0.1) is 12.8 Å². The van der Waals surface area contributed by atoms with Crippen molar-refractivity contribution in [2.45, 2.75) is 32.6 Å². The first-order chi connectivity index (χ1) is 9.74. The lowest BCUT2D eigenvalue weighted by Gasteiger charge is -2.01. The molecule has 2 rings (SSSR count). The number of nitrogens with two attached hydrogens (primary N) is 1. The summed E-state index contributed by atoms with van der Waals surface area (Å²) in [5, 5.41) is 0. The number of benzene rings is 1. The van der Waals surface area contributed by atoms with Gasteiger partial charge in [-0.3, -0.25) is 0 Å². The first-order valence-corrected chi connectivity index (χ1v) is 7.14. The Morgan fingerprint density at radius 2 is 1.90 bits per heavy atom. The van der Waals surface area contributed by atoms with Crippen LogP contribution in [0.3, 0.4) is 0 Å². The largest absolute Gasteiger partial charge is 0.497 e. The molecule has 0 amide bonds. The maximum absolute atomic E-state index is 5.50. The molecule has 1 aromatic heterocycles. The Morgan fingerprint density at radius 1 is 1.15 bits per heavy atom. The zero-order chi connectivity index (χ0) is 14.4. The summed E-state index contributed by atoms with van der Waals surface area (Å²) < 4.78 is 5.18. The van der Waals surface area contributed by atoms with E-state index in [1.54, 1.807) is 7.11 Å². The average molecular weight is 273 g/mol. The number of methoxy groups -OCH3 is 1. The summed E-state index contributed by atoms with van der Waals surface area (Å²) in [4.78, 5) is 8.08. The lowest BCUT2D eigenvalue weighted by molar-refractivity contribution is 0.415. The molecule has 1 aromatic carbocycles. The fourth-order valence-corrected chi connectivity index (χ4v) is 2.28. The zero-order valence-corrected chi connectivity index (χ0v) is 12.3. The fraction of sp³-hybridized carbons (Fsp3) is 0.438. The third-order valence-corrected chi connectivity index (χ3v) is 3.41. The number of H-pyrrole nitrogens is 1. The number of nitrogens with one attached hydrogen (secondary N) is 1. The number of unbranched alkanes of at least 4 members (excludes halogenated alkanes) is 2. The molecule has 3 N–H and O–H groups in total. The predicted molar refractivity (Wildman–Crippen MR) is 81.9 cm³/mol. The zero-order valence-electron chi connectivity index (χ0n) is 12.3. The molecule has 1 heterocycles. The van der Waals surface area contributed by atoms with Gasteiger partial charge in [0.1, 0.15) is 11.6 Å². The van der Waals surface area contributed by atoms with Gasteiger partial charge in [0.25, 0.3) is 0 Å². The molecule has 0 bridgehead atoms. The van der Waals surface area contributed by atoms with Crippen LogP contribution in [0.4, 0.5) is 0 Å². The van der Waals surface area contributed by atoms with Crippen LogP contribution in [0.25, 0.3) is 11.3 Å². The van der Waals surface area contributed by atoms with Crippen molar-refractivity contribution >= 4 is 0 Å². The highest BCUT2D eigenvalue weighted by molar-refractivity contribution is 5.62. The molecule has 4 nitrogen and oxygen atoms in total. The van der Waals surface area contributed by atoms with Crippen LogP contribution >= 0.6 is 0 Å². The summed E-state index contributed by atoms with van der Waals surface area (Å²) in [6, 6.07) is 8.01. The number of aromatic amines is 1. The van der Waals surface area contributed by atoms with Crippen LogP contribution in [0.15, 0.2) is 24.3 Å². The van der Waals surface area contributed by atoms with Crippen LogP contribution in [0, 0.1) is 6.92 Å². The van der Waals surface area contributed by atoms with Crippen LogP contribution in [0.2, 0.25) is 0 Å². The molecule has 0 aliphatic carbocycles. The fourth-order valence-electron chi connectivity index (χ4n) is 2.28. The smallest absolute Gasteiger partial charge is 0.118 e.